The van der Waals surface area contributed by atoms with Gasteiger partial charge in [-0.2, -0.15) is 0 Å². The average Bonchev–Trinajstić information content (AvgIpc) is 4.35. The van der Waals surface area contributed by atoms with Gasteiger partial charge in [0.2, 0.25) is 0 Å². The number of aryl methyl sites for hydroxylation is 6. The highest BCUT2D eigenvalue weighted by Gasteiger charge is 2.22. The number of nitrogens with zero attached hydrogens (tertiary/aromatic N) is 2. The summed E-state index contributed by atoms with van der Waals surface area (Å²) >= 11 is 11.9. The number of rotatable bonds is 49. The Morgan fingerprint density at radius 2 is 0.487 bits per heavy atom. The van der Waals surface area contributed by atoms with E-state index in [1.807, 2.05) is 68.0 Å². The van der Waals surface area contributed by atoms with Gasteiger partial charge in [0.05, 0.1) is 19.5 Å². The fraction of sp³-hybridized carbons (Fsp3) is 0.694. The molecule has 0 saturated carbocycles. The molecular formula is C72H112N2S6. The Hall–Kier alpha value is -1.94. The highest BCUT2D eigenvalue weighted by molar-refractivity contribution is 7.30. The summed E-state index contributed by atoms with van der Waals surface area (Å²) in [7, 11) is 0. The van der Waals surface area contributed by atoms with E-state index in [1.165, 1.54) is 340 Å². The lowest BCUT2D eigenvalue weighted by Gasteiger charge is -2.04. The van der Waals surface area contributed by atoms with Gasteiger partial charge in [-0.1, -0.05) is 259 Å². The van der Waals surface area contributed by atoms with Crippen molar-refractivity contribution in [2.24, 2.45) is 0 Å². The zero-order valence-corrected chi connectivity index (χ0v) is 56.8. The first-order valence-electron chi connectivity index (χ1n) is 33.8. The van der Waals surface area contributed by atoms with Crippen LogP contribution in [0.1, 0.15) is 317 Å². The zero-order chi connectivity index (χ0) is 56.2. The number of aromatic nitrogens is 2. The summed E-state index contributed by atoms with van der Waals surface area (Å²) in [6, 6.07) is 10.2. The highest BCUT2D eigenvalue weighted by atomic mass is 32.1. The van der Waals surface area contributed by atoms with Crippen molar-refractivity contribution in [2.45, 2.75) is 324 Å². The second-order valence-electron chi connectivity index (χ2n) is 24.1. The Kier molecular flexibility index (Phi) is 34.6. The van der Waals surface area contributed by atoms with Crippen LogP contribution in [0.2, 0.25) is 0 Å². The number of hydrogen-bond donors (Lipinski definition) is 0. The first-order valence-corrected chi connectivity index (χ1v) is 38.7. The number of unbranched alkanes of at least 4 members (excludes halogenated alkanes) is 36. The van der Waals surface area contributed by atoms with Gasteiger partial charge in [0.1, 0.15) is 10.0 Å². The van der Waals surface area contributed by atoms with E-state index in [-0.39, 0.29) is 0 Å². The van der Waals surface area contributed by atoms with Gasteiger partial charge in [0.15, 0.2) is 0 Å². The van der Waals surface area contributed by atoms with Crippen LogP contribution in [0.15, 0.2) is 36.7 Å². The molecule has 0 N–H and O–H groups in total. The maximum atomic E-state index is 5.28. The van der Waals surface area contributed by atoms with Crippen molar-refractivity contribution in [2.75, 3.05) is 0 Å². The average molecular weight is 1200 g/mol. The van der Waals surface area contributed by atoms with Crippen molar-refractivity contribution >= 4 is 68.0 Å². The molecule has 0 aliphatic heterocycles. The van der Waals surface area contributed by atoms with Crippen LogP contribution in [0.4, 0.5) is 0 Å². The van der Waals surface area contributed by atoms with Crippen LogP contribution in [0.25, 0.3) is 49.0 Å². The molecule has 8 heteroatoms. The molecule has 6 heterocycles. The Labute approximate surface area is 515 Å². The molecule has 0 fully saturated rings. The molecule has 0 bridgehead atoms. The molecule has 0 aromatic carbocycles. The van der Waals surface area contributed by atoms with Crippen molar-refractivity contribution in [3.05, 3.63) is 68.7 Å². The Bertz CT molecular complexity index is 2310. The molecule has 0 atom stereocenters. The first-order chi connectivity index (χ1) is 39.4. The molecule has 6 aromatic rings. The van der Waals surface area contributed by atoms with Gasteiger partial charge < -0.3 is 0 Å². The van der Waals surface area contributed by atoms with Crippen LogP contribution in [-0.4, -0.2) is 9.97 Å². The van der Waals surface area contributed by atoms with Crippen molar-refractivity contribution in [1.29, 1.82) is 0 Å². The highest BCUT2D eigenvalue weighted by Crippen LogP contribution is 2.49. The van der Waals surface area contributed by atoms with Crippen molar-refractivity contribution < 1.29 is 0 Å². The van der Waals surface area contributed by atoms with E-state index >= 15 is 0 Å². The van der Waals surface area contributed by atoms with Crippen LogP contribution in [0.5, 0.6) is 0 Å². The molecule has 0 spiro atoms. The van der Waals surface area contributed by atoms with E-state index in [0.29, 0.717) is 0 Å². The monoisotopic (exact) mass is 1200 g/mol. The summed E-state index contributed by atoms with van der Waals surface area (Å²) < 4.78 is 0. The lowest BCUT2D eigenvalue weighted by molar-refractivity contribution is 0.556. The molecule has 2 nitrogen and oxygen atoms in total. The zero-order valence-electron chi connectivity index (χ0n) is 51.9. The van der Waals surface area contributed by atoms with Gasteiger partial charge in [-0.25, -0.2) is 9.97 Å². The maximum Gasteiger partial charge on any atom is 0.134 e. The summed E-state index contributed by atoms with van der Waals surface area (Å²) in [4.78, 5) is 24.8. The van der Waals surface area contributed by atoms with Crippen LogP contribution in [0.3, 0.4) is 0 Å². The van der Waals surface area contributed by atoms with Crippen LogP contribution >= 0.6 is 68.0 Å². The van der Waals surface area contributed by atoms with Gasteiger partial charge in [0, 0.05) is 41.7 Å². The van der Waals surface area contributed by atoms with Crippen molar-refractivity contribution in [3.8, 4) is 49.0 Å². The minimum Gasteiger partial charge on any atom is -0.243 e. The predicted molar refractivity (Wildman–Crippen MR) is 368 cm³/mol. The van der Waals surface area contributed by atoms with E-state index in [2.05, 4.69) is 78.2 Å². The molecule has 0 amide bonds. The van der Waals surface area contributed by atoms with E-state index in [1.54, 1.807) is 11.1 Å². The van der Waals surface area contributed by atoms with Gasteiger partial charge >= 0.3 is 0 Å². The third kappa shape index (κ3) is 24.6. The molecule has 0 radical (unpaired) electrons. The van der Waals surface area contributed by atoms with E-state index in [9.17, 15) is 0 Å². The summed E-state index contributed by atoms with van der Waals surface area (Å²) in [5.74, 6) is 0. The summed E-state index contributed by atoms with van der Waals surface area (Å²) in [6.45, 7) is 13.9. The fourth-order valence-electron chi connectivity index (χ4n) is 11.9. The van der Waals surface area contributed by atoms with Crippen LogP contribution < -0.4 is 0 Å². The van der Waals surface area contributed by atoms with E-state index in [0.717, 1.165) is 12.8 Å². The van der Waals surface area contributed by atoms with Crippen LogP contribution in [-0.2, 0) is 25.7 Å². The first kappa shape index (κ1) is 67.2. The predicted octanol–water partition coefficient (Wildman–Crippen LogP) is 27.7. The Morgan fingerprint density at radius 3 is 0.750 bits per heavy atom. The third-order valence-electron chi connectivity index (χ3n) is 16.8. The van der Waals surface area contributed by atoms with Gasteiger partial charge in [-0.05, 0) is 112 Å². The van der Waals surface area contributed by atoms with Crippen LogP contribution in [0, 0.1) is 13.8 Å². The molecule has 0 aliphatic rings. The quantitative estimate of drug-likeness (QED) is 0.0356. The summed E-state index contributed by atoms with van der Waals surface area (Å²) in [5.41, 5.74) is 6.19. The molecule has 0 saturated heterocycles. The van der Waals surface area contributed by atoms with Gasteiger partial charge in [-0.3, -0.25) is 0 Å². The summed E-state index contributed by atoms with van der Waals surface area (Å²) in [6.07, 6.45) is 64.3. The fourth-order valence-corrected chi connectivity index (χ4v) is 18.9. The van der Waals surface area contributed by atoms with Gasteiger partial charge in [-0.15, -0.1) is 68.0 Å². The SMILES string of the molecule is CCCCCCCCCCCCc1cc(C)sc1-c1cc(CCCCCCCCCCCC)c(-c2ncc(-c3cnc(-c4sc(-c5sc(C)cc5CCCCCCCCCCCC)cc4CCCCCCCCCCCC)s3)s2)s1. The van der Waals surface area contributed by atoms with E-state index < -0.39 is 0 Å². The second-order valence-corrected chi connectivity index (χ2v) is 30.8. The molecule has 0 aliphatic carbocycles. The summed E-state index contributed by atoms with van der Waals surface area (Å²) in [5, 5.41) is 2.39. The van der Waals surface area contributed by atoms with Gasteiger partial charge in [0.25, 0.3) is 0 Å². The topological polar surface area (TPSA) is 25.8 Å². The largest absolute Gasteiger partial charge is 0.243 e. The van der Waals surface area contributed by atoms with Crippen molar-refractivity contribution in [1.82, 2.24) is 9.97 Å². The molecule has 0 unspecified atom stereocenters. The lowest BCUT2D eigenvalue weighted by atomic mass is 10.0. The molecular weight excluding hydrogens is 1090 g/mol. The maximum absolute atomic E-state index is 5.28. The molecule has 6 aromatic heterocycles. The Balaban J connectivity index is 1.16. The lowest BCUT2D eigenvalue weighted by Crippen LogP contribution is -1.88. The molecule has 80 heavy (non-hydrogen) atoms. The van der Waals surface area contributed by atoms with E-state index in [4.69, 9.17) is 9.97 Å². The minimum absolute atomic E-state index is 1.15. The molecule has 6 rings (SSSR count). The number of thiazole rings is 2. The standard InChI is InChI=1S/C72H112N2S6/c1-7-11-15-19-23-27-31-35-39-43-47-59-51-57(5)75-67(59)63-53-61(49-45-41-37-33-29-25-21-17-13-9-3)69(77-63)71-73-55-65(79-71)66-56-74-72(80-66)70-62(50-46-42-38-34-30-26-22-18-14-10-4)54-64(78-70)68-60(52-58(6)76-68)48-44-40-36-32-28-24-20-16-12-8-2/h51-56H,7-50H2,1-6H3. The second kappa shape index (κ2) is 41.2. The third-order valence-corrected chi connectivity index (χ3v) is 24.2. The minimum atomic E-state index is 1.15. The number of hydrogen-bond acceptors (Lipinski definition) is 8. The van der Waals surface area contributed by atoms with Crippen molar-refractivity contribution in [3.63, 3.8) is 0 Å². The molecule has 446 valence electrons. The smallest absolute Gasteiger partial charge is 0.134 e. The Morgan fingerprint density at radius 1 is 0.250 bits per heavy atom. The normalized spacial score (nSPS) is 11.8. The number of thiophene rings is 4.